The number of fused-ring (bicyclic) bond motifs is 1. The molecule has 0 saturated heterocycles. The summed E-state index contributed by atoms with van der Waals surface area (Å²) in [7, 11) is 0. The highest BCUT2D eigenvalue weighted by molar-refractivity contribution is 5.84. The van der Waals surface area contributed by atoms with E-state index in [9.17, 15) is 15.0 Å². The van der Waals surface area contributed by atoms with Crippen molar-refractivity contribution in [2.75, 3.05) is 6.61 Å². The molecule has 2 N–H and O–H groups in total. The summed E-state index contributed by atoms with van der Waals surface area (Å²) < 4.78 is 5.75. The topological polar surface area (TPSA) is 66.8 Å². The third-order valence-electron chi connectivity index (χ3n) is 5.48. The summed E-state index contributed by atoms with van der Waals surface area (Å²) in [5, 5.41) is 20.5. The van der Waals surface area contributed by atoms with Crippen molar-refractivity contribution in [3.05, 3.63) is 35.9 Å². The Bertz CT molecular complexity index is 525. The van der Waals surface area contributed by atoms with Crippen LogP contribution in [0.15, 0.2) is 30.3 Å². The molecule has 1 aromatic carbocycles. The first-order valence-corrected chi connectivity index (χ1v) is 8.05. The predicted octanol–water partition coefficient (Wildman–Crippen LogP) is 1.93. The Labute approximate surface area is 131 Å². The maximum Gasteiger partial charge on any atom is 0.138 e. The summed E-state index contributed by atoms with van der Waals surface area (Å²) in [6.45, 7) is 2.57. The minimum absolute atomic E-state index is 0.127. The van der Waals surface area contributed by atoms with Gasteiger partial charge in [-0.3, -0.25) is 4.79 Å². The molecule has 0 bridgehead atoms. The number of benzene rings is 1. The molecule has 2 aliphatic rings. The number of Topliss-reactive ketones (excluding diaryl/α,β-unsaturated/α-hetero) is 1. The average Bonchev–Trinajstić information content (AvgIpc) is 2.82. The molecular weight excluding hydrogens is 280 g/mol. The maximum atomic E-state index is 12.3. The molecule has 4 nitrogen and oxygen atoms in total. The number of rotatable bonds is 4. The van der Waals surface area contributed by atoms with Crippen LogP contribution in [0.3, 0.4) is 0 Å². The number of aliphatic hydroxyl groups is 2. The van der Waals surface area contributed by atoms with Crippen molar-refractivity contribution >= 4 is 5.78 Å². The van der Waals surface area contributed by atoms with Gasteiger partial charge in [-0.15, -0.1) is 0 Å². The smallest absolute Gasteiger partial charge is 0.138 e. The molecule has 2 saturated carbocycles. The summed E-state index contributed by atoms with van der Waals surface area (Å²) >= 11 is 0. The molecule has 0 unspecified atom stereocenters. The lowest BCUT2D eigenvalue weighted by molar-refractivity contribution is -0.141. The number of carbonyl (C=O) groups excluding carboxylic acids is 1. The minimum Gasteiger partial charge on any atom is -0.390 e. The highest BCUT2D eigenvalue weighted by Crippen LogP contribution is 2.49. The van der Waals surface area contributed by atoms with Gasteiger partial charge in [0.2, 0.25) is 0 Å². The number of ketones is 1. The molecule has 120 valence electrons. The zero-order valence-electron chi connectivity index (χ0n) is 12.9. The van der Waals surface area contributed by atoms with E-state index in [4.69, 9.17) is 4.74 Å². The van der Waals surface area contributed by atoms with Gasteiger partial charge in [-0.05, 0) is 31.2 Å². The Morgan fingerprint density at radius 2 is 2.00 bits per heavy atom. The summed E-state index contributed by atoms with van der Waals surface area (Å²) in [6.07, 6.45) is 0.961. The van der Waals surface area contributed by atoms with Crippen LogP contribution in [-0.4, -0.2) is 34.3 Å². The fraction of sp³-hybridized carbons (Fsp3) is 0.611. The van der Waals surface area contributed by atoms with E-state index in [1.807, 2.05) is 30.3 Å². The van der Waals surface area contributed by atoms with Crippen LogP contribution in [0.5, 0.6) is 0 Å². The van der Waals surface area contributed by atoms with E-state index in [2.05, 4.69) is 0 Å². The first kappa shape index (κ1) is 15.7. The van der Waals surface area contributed by atoms with Crippen molar-refractivity contribution in [3.63, 3.8) is 0 Å². The lowest BCUT2D eigenvalue weighted by atomic mass is 9.68. The fourth-order valence-corrected chi connectivity index (χ4v) is 4.07. The van der Waals surface area contributed by atoms with Gasteiger partial charge in [0.1, 0.15) is 5.78 Å². The second kappa shape index (κ2) is 6.11. The summed E-state index contributed by atoms with van der Waals surface area (Å²) in [5.41, 5.74) is -0.0669. The molecule has 0 aromatic heterocycles. The van der Waals surface area contributed by atoms with Crippen LogP contribution in [-0.2, 0) is 16.1 Å². The Balaban J connectivity index is 1.61. The highest BCUT2D eigenvalue weighted by atomic mass is 16.5. The number of hydrogen-bond acceptors (Lipinski definition) is 4. The second-order valence-corrected chi connectivity index (χ2v) is 6.87. The number of hydrogen-bond donors (Lipinski definition) is 2. The number of aliphatic hydroxyl groups excluding tert-OH is 1. The molecule has 0 aliphatic heterocycles. The monoisotopic (exact) mass is 304 g/mol. The third-order valence-corrected chi connectivity index (χ3v) is 5.48. The van der Waals surface area contributed by atoms with Crippen molar-refractivity contribution in [2.24, 2.45) is 17.8 Å². The van der Waals surface area contributed by atoms with E-state index in [1.165, 1.54) is 0 Å². The second-order valence-electron chi connectivity index (χ2n) is 6.87. The largest absolute Gasteiger partial charge is 0.390 e. The highest BCUT2D eigenvalue weighted by Gasteiger charge is 2.55. The standard InChI is InChI=1S/C18H24O4/c1-18(21)15-9-16(19)14(13(15)7-8-17(18)20)11-22-10-12-5-3-2-4-6-12/h2-6,13-15,17,20-21H,7-11H2,1H3/t13-,14+,15-,17+,18+/m1/s1. The molecule has 2 fully saturated rings. The van der Waals surface area contributed by atoms with E-state index in [1.54, 1.807) is 6.92 Å². The van der Waals surface area contributed by atoms with E-state index >= 15 is 0 Å². The summed E-state index contributed by atoms with van der Waals surface area (Å²) in [6, 6.07) is 9.90. The lowest BCUT2D eigenvalue weighted by Gasteiger charge is -2.43. The van der Waals surface area contributed by atoms with Gasteiger partial charge in [0, 0.05) is 18.3 Å². The fourth-order valence-electron chi connectivity index (χ4n) is 4.07. The van der Waals surface area contributed by atoms with Gasteiger partial charge in [0.25, 0.3) is 0 Å². The Hall–Kier alpha value is -1.23. The number of ether oxygens (including phenoxy) is 1. The molecule has 22 heavy (non-hydrogen) atoms. The van der Waals surface area contributed by atoms with Gasteiger partial charge in [0.15, 0.2) is 0 Å². The van der Waals surface area contributed by atoms with E-state index in [0.29, 0.717) is 26.1 Å². The van der Waals surface area contributed by atoms with Gasteiger partial charge >= 0.3 is 0 Å². The quantitative estimate of drug-likeness (QED) is 0.892. The van der Waals surface area contributed by atoms with Gasteiger partial charge in [0.05, 0.1) is 24.9 Å². The molecule has 5 atom stereocenters. The average molecular weight is 304 g/mol. The normalized spacial score (nSPS) is 38.0. The molecule has 0 spiro atoms. The molecule has 4 heteroatoms. The van der Waals surface area contributed by atoms with Crippen molar-refractivity contribution in [3.8, 4) is 0 Å². The van der Waals surface area contributed by atoms with Crippen molar-refractivity contribution in [2.45, 2.75) is 44.5 Å². The maximum absolute atomic E-state index is 12.3. The van der Waals surface area contributed by atoms with E-state index in [-0.39, 0.29) is 23.5 Å². The van der Waals surface area contributed by atoms with Crippen molar-refractivity contribution in [1.82, 2.24) is 0 Å². The van der Waals surface area contributed by atoms with Crippen LogP contribution in [0.4, 0.5) is 0 Å². The van der Waals surface area contributed by atoms with Gasteiger partial charge in [-0.1, -0.05) is 30.3 Å². The first-order valence-electron chi connectivity index (χ1n) is 8.05. The molecule has 0 amide bonds. The molecule has 3 rings (SSSR count). The van der Waals surface area contributed by atoms with Crippen LogP contribution in [0.25, 0.3) is 0 Å². The SMILES string of the molecule is C[C@]1(O)[C@@H]2CC(=O)[C@@H](COCc3ccccc3)[C@H]2CC[C@@H]1O. The van der Waals surface area contributed by atoms with Crippen LogP contribution in [0.1, 0.15) is 31.7 Å². The van der Waals surface area contributed by atoms with Crippen LogP contribution < -0.4 is 0 Å². The summed E-state index contributed by atoms with van der Waals surface area (Å²) in [5.74, 6) is 0.000808. The predicted molar refractivity (Wildman–Crippen MR) is 82.1 cm³/mol. The zero-order chi connectivity index (χ0) is 15.7. The van der Waals surface area contributed by atoms with Crippen LogP contribution in [0, 0.1) is 17.8 Å². The molecule has 0 radical (unpaired) electrons. The van der Waals surface area contributed by atoms with Crippen molar-refractivity contribution in [1.29, 1.82) is 0 Å². The number of carbonyl (C=O) groups is 1. The van der Waals surface area contributed by atoms with Crippen molar-refractivity contribution < 1.29 is 19.7 Å². The van der Waals surface area contributed by atoms with Gasteiger partial charge < -0.3 is 14.9 Å². The van der Waals surface area contributed by atoms with E-state index in [0.717, 1.165) is 12.0 Å². The molecule has 1 aromatic rings. The molecule has 0 heterocycles. The van der Waals surface area contributed by atoms with E-state index < -0.39 is 11.7 Å². The summed E-state index contributed by atoms with van der Waals surface area (Å²) in [4.78, 5) is 12.3. The zero-order valence-corrected chi connectivity index (χ0v) is 12.9. The van der Waals surface area contributed by atoms with Crippen LogP contribution >= 0.6 is 0 Å². The molecule has 2 aliphatic carbocycles. The molecular formula is C18H24O4. The minimum atomic E-state index is -1.16. The Morgan fingerprint density at radius 1 is 1.27 bits per heavy atom. The van der Waals surface area contributed by atoms with Gasteiger partial charge in [-0.25, -0.2) is 0 Å². The Morgan fingerprint density at radius 3 is 2.73 bits per heavy atom. The first-order chi connectivity index (χ1) is 10.5. The van der Waals surface area contributed by atoms with Crippen LogP contribution in [0.2, 0.25) is 0 Å². The van der Waals surface area contributed by atoms with Gasteiger partial charge in [-0.2, -0.15) is 0 Å². The third kappa shape index (κ3) is 2.83. The Kier molecular flexibility index (Phi) is 4.35. The lowest BCUT2D eigenvalue weighted by Crippen LogP contribution is -2.51.